The number of nitrogens with zero attached hydrogens (tertiary/aromatic N) is 1. The van der Waals surface area contributed by atoms with Crippen molar-refractivity contribution in [3.63, 3.8) is 0 Å². The number of sulfonamides is 1. The molecule has 0 N–H and O–H groups in total. The van der Waals surface area contributed by atoms with Crippen LogP contribution in [-0.4, -0.2) is 25.8 Å². The van der Waals surface area contributed by atoms with E-state index in [1.165, 1.54) is 0 Å². The Labute approximate surface area is 143 Å². The van der Waals surface area contributed by atoms with Crippen LogP contribution in [0.15, 0.2) is 47.4 Å². The Balaban J connectivity index is 1.75. The first kappa shape index (κ1) is 16.7. The number of piperidine rings is 1. The van der Waals surface area contributed by atoms with Gasteiger partial charge in [0, 0.05) is 13.1 Å². The Hall–Kier alpha value is -1.10. The predicted octanol–water partition coefficient (Wildman–Crippen LogP) is 4.18. The quantitative estimate of drug-likeness (QED) is 0.766. The molecule has 0 aromatic heterocycles. The van der Waals surface area contributed by atoms with Crippen molar-refractivity contribution in [3.05, 3.63) is 53.1 Å². The van der Waals surface area contributed by atoms with Crippen LogP contribution in [0.25, 0.3) is 0 Å². The molecule has 1 aromatic carbocycles. The van der Waals surface area contributed by atoms with Crippen molar-refractivity contribution >= 4 is 21.6 Å². The second-order valence-electron chi connectivity index (χ2n) is 6.30. The molecule has 1 aliphatic carbocycles. The number of hydrogen-bond acceptors (Lipinski definition) is 2. The Morgan fingerprint density at radius 3 is 2.39 bits per heavy atom. The molecule has 0 radical (unpaired) electrons. The molecule has 2 aliphatic rings. The molecule has 0 amide bonds. The van der Waals surface area contributed by atoms with Crippen LogP contribution in [0.5, 0.6) is 0 Å². The number of benzene rings is 1. The summed E-state index contributed by atoms with van der Waals surface area (Å²) in [5, 5.41) is 0.310. The highest BCUT2D eigenvalue weighted by molar-refractivity contribution is 7.89. The lowest BCUT2D eigenvalue weighted by molar-refractivity contribution is 0.249. The third kappa shape index (κ3) is 3.39. The van der Waals surface area contributed by atoms with Crippen LogP contribution in [0, 0.1) is 18.8 Å². The third-order valence-corrected chi connectivity index (χ3v) is 7.32. The topological polar surface area (TPSA) is 37.4 Å². The number of rotatable bonds is 3. The van der Waals surface area contributed by atoms with Crippen LogP contribution >= 0.6 is 11.6 Å². The first-order valence-corrected chi connectivity index (χ1v) is 9.90. The zero-order valence-electron chi connectivity index (χ0n) is 13.3. The summed E-state index contributed by atoms with van der Waals surface area (Å²) in [5.74, 6) is 0.984. The van der Waals surface area contributed by atoms with Crippen molar-refractivity contribution in [1.82, 2.24) is 4.31 Å². The SMILES string of the molecule is Cc1cccc(Cl)c1S(=O)(=O)N1CCC(C2C=CCC=C2)CC1. The van der Waals surface area contributed by atoms with Crippen LogP contribution in [-0.2, 0) is 10.0 Å². The van der Waals surface area contributed by atoms with E-state index in [2.05, 4.69) is 24.3 Å². The van der Waals surface area contributed by atoms with Crippen molar-refractivity contribution in [2.75, 3.05) is 13.1 Å². The van der Waals surface area contributed by atoms with Crippen LogP contribution in [0.4, 0.5) is 0 Å². The van der Waals surface area contributed by atoms with E-state index in [0.717, 1.165) is 19.3 Å². The Morgan fingerprint density at radius 1 is 1.13 bits per heavy atom. The molecule has 1 saturated heterocycles. The molecule has 1 fully saturated rings. The van der Waals surface area contributed by atoms with E-state index in [1.807, 2.05) is 0 Å². The van der Waals surface area contributed by atoms with Gasteiger partial charge < -0.3 is 0 Å². The van der Waals surface area contributed by atoms with Crippen LogP contribution in [0.1, 0.15) is 24.8 Å². The van der Waals surface area contributed by atoms with Crippen LogP contribution in [0.3, 0.4) is 0 Å². The highest BCUT2D eigenvalue weighted by Crippen LogP contribution is 2.33. The van der Waals surface area contributed by atoms with Crippen molar-refractivity contribution < 1.29 is 8.42 Å². The smallest absolute Gasteiger partial charge is 0.207 e. The lowest BCUT2D eigenvalue weighted by atomic mass is 9.83. The first-order chi connectivity index (χ1) is 11.0. The van der Waals surface area contributed by atoms with Gasteiger partial charge in [-0.25, -0.2) is 8.42 Å². The average Bonchev–Trinajstić information content (AvgIpc) is 2.55. The fourth-order valence-electron chi connectivity index (χ4n) is 3.50. The minimum atomic E-state index is -3.51. The number of aryl methyl sites for hydroxylation is 1. The fourth-order valence-corrected chi connectivity index (χ4v) is 5.76. The van der Waals surface area contributed by atoms with E-state index < -0.39 is 10.0 Å². The van der Waals surface area contributed by atoms with Crippen molar-refractivity contribution in [2.45, 2.75) is 31.1 Å². The molecule has 124 valence electrons. The van der Waals surface area contributed by atoms with E-state index in [9.17, 15) is 8.42 Å². The maximum absolute atomic E-state index is 12.9. The molecule has 23 heavy (non-hydrogen) atoms. The van der Waals surface area contributed by atoms with E-state index >= 15 is 0 Å². The van der Waals surface area contributed by atoms with Crippen LogP contribution < -0.4 is 0 Å². The van der Waals surface area contributed by atoms with Gasteiger partial charge in [0.05, 0.1) is 5.02 Å². The molecular weight excluding hydrogens is 330 g/mol. The molecule has 1 aromatic rings. The third-order valence-electron chi connectivity index (χ3n) is 4.79. The normalized spacial score (nSPS) is 21.0. The summed E-state index contributed by atoms with van der Waals surface area (Å²) in [7, 11) is -3.51. The summed E-state index contributed by atoms with van der Waals surface area (Å²) in [6, 6.07) is 5.22. The second-order valence-corrected chi connectivity index (χ2v) is 8.58. The summed E-state index contributed by atoms with van der Waals surface area (Å²) < 4.78 is 27.4. The highest BCUT2D eigenvalue weighted by atomic mass is 35.5. The van der Waals surface area contributed by atoms with Gasteiger partial charge in [-0.3, -0.25) is 0 Å². The lowest BCUT2D eigenvalue weighted by Crippen LogP contribution is -2.40. The zero-order chi connectivity index (χ0) is 16.4. The molecule has 0 atom stereocenters. The standard InChI is InChI=1S/C18H22ClNO2S/c1-14-6-5-9-17(19)18(14)23(21,22)20-12-10-16(11-13-20)15-7-3-2-4-8-15/h3-9,15-16H,2,10-13H2,1H3. The number of hydrogen-bond donors (Lipinski definition) is 0. The van der Waals surface area contributed by atoms with E-state index in [0.29, 0.717) is 35.5 Å². The Kier molecular flexibility index (Phi) is 4.95. The van der Waals surface area contributed by atoms with Gasteiger partial charge in [-0.2, -0.15) is 4.31 Å². The molecular formula is C18H22ClNO2S. The molecule has 1 aliphatic heterocycles. The van der Waals surface area contributed by atoms with Gasteiger partial charge in [-0.05, 0) is 49.7 Å². The van der Waals surface area contributed by atoms with Crippen molar-refractivity contribution in [2.24, 2.45) is 11.8 Å². The van der Waals surface area contributed by atoms with Gasteiger partial charge in [0.1, 0.15) is 4.90 Å². The van der Waals surface area contributed by atoms with E-state index in [-0.39, 0.29) is 4.90 Å². The summed E-state index contributed by atoms with van der Waals surface area (Å²) in [5.41, 5.74) is 0.706. The van der Waals surface area contributed by atoms with Gasteiger partial charge in [-0.15, -0.1) is 0 Å². The van der Waals surface area contributed by atoms with Crippen molar-refractivity contribution in [3.8, 4) is 0 Å². The second kappa shape index (κ2) is 6.80. The van der Waals surface area contributed by atoms with E-state index in [4.69, 9.17) is 11.6 Å². The average molecular weight is 352 g/mol. The minimum Gasteiger partial charge on any atom is -0.207 e. The Morgan fingerprint density at radius 2 is 1.78 bits per heavy atom. The fraction of sp³-hybridized carbons (Fsp3) is 0.444. The summed E-state index contributed by atoms with van der Waals surface area (Å²) in [4.78, 5) is 0.262. The molecule has 1 heterocycles. The Bertz CT molecular complexity index is 699. The molecule has 0 spiro atoms. The number of allylic oxidation sites excluding steroid dienone is 4. The molecule has 0 unspecified atom stereocenters. The molecule has 0 bridgehead atoms. The molecule has 3 nitrogen and oxygen atoms in total. The van der Waals surface area contributed by atoms with Crippen LogP contribution in [0.2, 0.25) is 5.02 Å². The molecule has 5 heteroatoms. The van der Waals surface area contributed by atoms with Gasteiger partial charge >= 0.3 is 0 Å². The minimum absolute atomic E-state index is 0.262. The van der Waals surface area contributed by atoms with Gasteiger partial charge in [0.25, 0.3) is 0 Å². The largest absolute Gasteiger partial charge is 0.244 e. The molecule has 3 rings (SSSR count). The van der Waals surface area contributed by atoms with Crippen molar-refractivity contribution in [1.29, 1.82) is 0 Å². The lowest BCUT2D eigenvalue weighted by Gasteiger charge is -2.34. The predicted molar refractivity (Wildman–Crippen MR) is 94.1 cm³/mol. The van der Waals surface area contributed by atoms with Gasteiger partial charge in [-0.1, -0.05) is 48.0 Å². The number of halogens is 1. The zero-order valence-corrected chi connectivity index (χ0v) is 14.9. The maximum Gasteiger partial charge on any atom is 0.244 e. The van der Waals surface area contributed by atoms with Gasteiger partial charge in [0.15, 0.2) is 0 Å². The highest BCUT2D eigenvalue weighted by Gasteiger charge is 2.33. The summed E-state index contributed by atoms with van der Waals surface area (Å²) in [6.07, 6.45) is 11.7. The summed E-state index contributed by atoms with van der Waals surface area (Å²) in [6.45, 7) is 2.93. The maximum atomic E-state index is 12.9. The molecule has 0 saturated carbocycles. The summed E-state index contributed by atoms with van der Waals surface area (Å²) >= 11 is 6.16. The first-order valence-electron chi connectivity index (χ1n) is 8.09. The van der Waals surface area contributed by atoms with E-state index in [1.54, 1.807) is 29.4 Å². The van der Waals surface area contributed by atoms with Gasteiger partial charge in [0.2, 0.25) is 10.0 Å². The monoisotopic (exact) mass is 351 g/mol.